The maximum atomic E-state index is 11.8. The topological polar surface area (TPSA) is 87.9 Å². The van der Waals surface area contributed by atoms with E-state index >= 15 is 0 Å². The van der Waals surface area contributed by atoms with Crippen molar-refractivity contribution in [1.29, 1.82) is 5.26 Å². The van der Waals surface area contributed by atoms with E-state index in [4.69, 9.17) is 10.00 Å². The minimum absolute atomic E-state index is 0.0420. The smallest absolute Gasteiger partial charge is 0.251 e. The molecule has 3 rings (SSSR count). The molecule has 0 spiro atoms. The van der Waals surface area contributed by atoms with Crippen molar-refractivity contribution < 1.29 is 9.53 Å². The van der Waals surface area contributed by atoms with Crippen molar-refractivity contribution in [3.8, 4) is 11.9 Å². The van der Waals surface area contributed by atoms with Crippen LogP contribution in [0, 0.1) is 17.2 Å². The van der Waals surface area contributed by atoms with E-state index in [-0.39, 0.29) is 23.7 Å². The van der Waals surface area contributed by atoms with Gasteiger partial charge in [-0.2, -0.15) is 5.26 Å². The van der Waals surface area contributed by atoms with Crippen LogP contribution in [0.15, 0.2) is 12.4 Å². The summed E-state index contributed by atoms with van der Waals surface area (Å²) >= 11 is 0. The van der Waals surface area contributed by atoms with Gasteiger partial charge in [0.1, 0.15) is 12.2 Å². The molecule has 0 atom stereocenters. The molecule has 1 amide bonds. The SMILES string of the molecule is N#Cc1nccnc1OC1CCC(NC(=O)CC2CC2)CC1. The third-order valence-corrected chi connectivity index (χ3v) is 4.26. The average Bonchev–Trinajstić information content (AvgIpc) is 3.33. The molecule has 2 saturated carbocycles. The first-order chi connectivity index (χ1) is 10.7. The summed E-state index contributed by atoms with van der Waals surface area (Å²) in [4.78, 5) is 19.8. The Morgan fingerprint density at radius 3 is 2.64 bits per heavy atom. The van der Waals surface area contributed by atoms with Gasteiger partial charge < -0.3 is 10.1 Å². The van der Waals surface area contributed by atoms with Crippen LogP contribution in [-0.4, -0.2) is 28.0 Å². The lowest BCUT2D eigenvalue weighted by Gasteiger charge is -2.29. The predicted octanol–water partition coefficient (Wildman–Crippen LogP) is 1.95. The number of nitrogens with zero attached hydrogens (tertiary/aromatic N) is 3. The second-order valence-electron chi connectivity index (χ2n) is 6.13. The molecule has 2 aliphatic rings. The van der Waals surface area contributed by atoms with E-state index in [2.05, 4.69) is 15.3 Å². The summed E-state index contributed by atoms with van der Waals surface area (Å²) in [5.41, 5.74) is 0.224. The summed E-state index contributed by atoms with van der Waals surface area (Å²) in [5, 5.41) is 12.1. The molecule has 1 heterocycles. The van der Waals surface area contributed by atoms with E-state index in [1.165, 1.54) is 25.2 Å². The van der Waals surface area contributed by atoms with Crippen molar-refractivity contribution in [3.05, 3.63) is 18.1 Å². The molecule has 0 unspecified atom stereocenters. The minimum atomic E-state index is 0.0420. The first kappa shape index (κ1) is 14.8. The van der Waals surface area contributed by atoms with Gasteiger partial charge in [-0.05, 0) is 44.4 Å². The molecule has 0 bridgehead atoms. The fourth-order valence-electron chi connectivity index (χ4n) is 2.84. The Kier molecular flexibility index (Phi) is 4.52. The van der Waals surface area contributed by atoms with Crippen molar-refractivity contribution in [1.82, 2.24) is 15.3 Å². The molecule has 1 N–H and O–H groups in total. The van der Waals surface area contributed by atoms with Crippen molar-refractivity contribution in [2.75, 3.05) is 0 Å². The first-order valence-electron chi connectivity index (χ1n) is 7.91. The van der Waals surface area contributed by atoms with Gasteiger partial charge in [0.15, 0.2) is 0 Å². The molecule has 116 valence electrons. The van der Waals surface area contributed by atoms with Gasteiger partial charge in [0.25, 0.3) is 5.88 Å². The molecule has 1 aromatic rings. The van der Waals surface area contributed by atoms with Crippen molar-refractivity contribution in [2.45, 2.75) is 57.1 Å². The summed E-state index contributed by atoms with van der Waals surface area (Å²) in [6.45, 7) is 0. The fourth-order valence-corrected chi connectivity index (χ4v) is 2.84. The van der Waals surface area contributed by atoms with Crippen LogP contribution in [-0.2, 0) is 4.79 Å². The summed E-state index contributed by atoms with van der Waals surface area (Å²) < 4.78 is 5.80. The second kappa shape index (κ2) is 6.73. The van der Waals surface area contributed by atoms with Gasteiger partial charge in [0.2, 0.25) is 11.6 Å². The van der Waals surface area contributed by atoms with Crippen LogP contribution < -0.4 is 10.1 Å². The van der Waals surface area contributed by atoms with Crippen molar-refractivity contribution >= 4 is 5.91 Å². The Bertz CT molecular complexity index is 572. The lowest BCUT2D eigenvalue weighted by molar-refractivity contribution is -0.122. The maximum absolute atomic E-state index is 11.8. The van der Waals surface area contributed by atoms with E-state index in [0.717, 1.165) is 25.7 Å². The number of nitriles is 1. The summed E-state index contributed by atoms with van der Waals surface area (Å²) in [6, 6.07) is 2.24. The van der Waals surface area contributed by atoms with Gasteiger partial charge in [-0.25, -0.2) is 9.97 Å². The van der Waals surface area contributed by atoms with E-state index in [0.29, 0.717) is 18.2 Å². The van der Waals surface area contributed by atoms with Crippen molar-refractivity contribution in [2.24, 2.45) is 5.92 Å². The monoisotopic (exact) mass is 300 g/mol. The van der Waals surface area contributed by atoms with E-state index in [1.807, 2.05) is 6.07 Å². The zero-order valence-corrected chi connectivity index (χ0v) is 12.5. The molecule has 0 aromatic carbocycles. The molecule has 2 aliphatic carbocycles. The highest BCUT2D eigenvalue weighted by molar-refractivity contribution is 5.76. The number of carbonyl (C=O) groups excluding carboxylic acids is 1. The van der Waals surface area contributed by atoms with Crippen LogP contribution in [0.25, 0.3) is 0 Å². The number of amides is 1. The molecule has 6 nitrogen and oxygen atoms in total. The number of ether oxygens (including phenoxy) is 1. The Balaban J connectivity index is 1.45. The number of aromatic nitrogens is 2. The summed E-state index contributed by atoms with van der Waals surface area (Å²) in [5.74, 6) is 1.12. The third-order valence-electron chi connectivity index (χ3n) is 4.26. The standard InChI is InChI=1S/C16H20N4O2/c17-10-14-16(19-8-7-18-14)22-13-5-3-12(4-6-13)20-15(21)9-11-1-2-11/h7-8,11-13H,1-6,9H2,(H,20,21). The van der Waals surface area contributed by atoms with E-state index in [1.54, 1.807) is 0 Å². The zero-order chi connectivity index (χ0) is 15.4. The molecule has 1 aromatic heterocycles. The number of carbonyl (C=O) groups is 1. The van der Waals surface area contributed by atoms with Crippen LogP contribution in [0.3, 0.4) is 0 Å². The molecule has 6 heteroatoms. The molecule has 0 aliphatic heterocycles. The lowest BCUT2D eigenvalue weighted by atomic mass is 9.93. The van der Waals surface area contributed by atoms with Crippen LogP contribution in [0.2, 0.25) is 0 Å². The number of nitrogens with one attached hydrogen (secondary N) is 1. The van der Waals surface area contributed by atoms with E-state index < -0.39 is 0 Å². The molecule has 0 saturated heterocycles. The van der Waals surface area contributed by atoms with Gasteiger partial charge in [-0.1, -0.05) is 0 Å². The summed E-state index contributed by atoms with van der Waals surface area (Å²) in [6.07, 6.45) is 9.66. The van der Waals surface area contributed by atoms with Crippen LogP contribution in [0.5, 0.6) is 5.88 Å². The van der Waals surface area contributed by atoms with Crippen LogP contribution in [0.4, 0.5) is 0 Å². The predicted molar refractivity (Wildman–Crippen MR) is 78.9 cm³/mol. The Labute approximate surface area is 129 Å². The molecular weight excluding hydrogens is 280 g/mol. The summed E-state index contributed by atoms with van der Waals surface area (Å²) in [7, 11) is 0. The minimum Gasteiger partial charge on any atom is -0.472 e. The van der Waals surface area contributed by atoms with Gasteiger partial charge in [0.05, 0.1) is 0 Å². The van der Waals surface area contributed by atoms with Crippen LogP contribution in [0.1, 0.15) is 50.6 Å². The normalized spacial score (nSPS) is 24.3. The van der Waals surface area contributed by atoms with E-state index in [9.17, 15) is 4.79 Å². The van der Waals surface area contributed by atoms with Crippen LogP contribution >= 0.6 is 0 Å². The Morgan fingerprint density at radius 1 is 1.23 bits per heavy atom. The van der Waals surface area contributed by atoms with Gasteiger partial charge in [0, 0.05) is 24.9 Å². The largest absolute Gasteiger partial charge is 0.472 e. The number of hydrogen-bond donors (Lipinski definition) is 1. The van der Waals surface area contributed by atoms with Gasteiger partial charge in [-0.3, -0.25) is 4.79 Å². The Hall–Kier alpha value is -2.16. The highest BCUT2D eigenvalue weighted by Crippen LogP contribution is 2.32. The quantitative estimate of drug-likeness (QED) is 0.898. The average molecular weight is 300 g/mol. The molecule has 22 heavy (non-hydrogen) atoms. The Morgan fingerprint density at radius 2 is 1.95 bits per heavy atom. The maximum Gasteiger partial charge on any atom is 0.251 e. The molecule has 2 fully saturated rings. The first-order valence-corrected chi connectivity index (χ1v) is 7.91. The van der Waals surface area contributed by atoms with Crippen molar-refractivity contribution in [3.63, 3.8) is 0 Å². The highest BCUT2D eigenvalue weighted by atomic mass is 16.5. The third kappa shape index (κ3) is 3.94. The second-order valence-corrected chi connectivity index (χ2v) is 6.13. The fraction of sp³-hybridized carbons (Fsp3) is 0.625. The highest BCUT2D eigenvalue weighted by Gasteiger charge is 2.28. The van der Waals surface area contributed by atoms with Gasteiger partial charge in [-0.15, -0.1) is 0 Å². The molecule has 0 radical (unpaired) electrons. The number of rotatable bonds is 5. The molecular formula is C16H20N4O2. The lowest BCUT2D eigenvalue weighted by Crippen LogP contribution is -2.39. The number of hydrogen-bond acceptors (Lipinski definition) is 5. The zero-order valence-electron chi connectivity index (χ0n) is 12.5. The van der Waals surface area contributed by atoms with Gasteiger partial charge >= 0.3 is 0 Å².